The van der Waals surface area contributed by atoms with E-state index in [9.17, 15) is 5.11 Å². The van der Waals surface area contributed by atoms with Gasteiger partial charge in [0, 0.05) is 25.6 Å². The first-order valence-electron chi connectivity index (χ1n) is 12.5. The van der Waals surface area contributed by atoms with Crippen LogP contribution < -0.4 is 0 Å². The topological polar surface area (TPSA) is 20.2 Å². The molecule has 38 heavy (non-hydrogen) atoms. The molecule has 0 atom stereocenters. The van der Waals surface area contributed by atoms with Gasteiger partial charge in [0.1, 0.15) is 5.60 Å². The van der Waals surface area contributed by atoms with Crippen molar-refractivity contribution in [2.24, 2.45) is 0 Å². The Bertz CT molecular complexity index is 1860. The van der Waals surface area contributed by atoms with Crippen LogP contribution in [0, 0.1) is 0 Å². The third kappa shape index (κ3) is 3.61. The minimum Gasteiger partial charge on any atom is -0.376 e. The second kappa shape index (κ2) is 9.06. The first-order valence-corrected chi connectivity index (χ1v) is 14.1. The number of aliphatic hydroxyl groups is 1. The zero-order valence-corrected chi connectivity index (χ0v) is 23.5. The zero-order chi connectivity index (χ0) is 25.9. The van der Waals surface area contributed by atoms with Crippen molar-refractivity contribution in [1.29, 1.82) is 0 Å². The van der Waals surface area contributed by atoms with E-state index in [0.29, 0.717) is 0 Å². The van der Waals surface area contributed by atoms with Gasteiger partial charge in [0.25, 0.3) is 0 Å². The van der Waals surface area contributed by atoms with Crippen molar-refractivity contribution in [3.05, 3.63) is 152 Å². The average molecular weight is 618 g/mol. The van der Waals surface area contributed by atoms with Crippen LogP contribution in [0.4, 0.5) is 0 Å². The molecule has 0 saturated heterocycles. The molecule has 0 heterocycles. The summed E-state index contributed by atoms with van der Waals surface area (Å²) in [7, 11) is 0. The Morgan fingerprint density at radius 3 is 1.71 bits per heavy atom. The summed E-state index contributed by atoms with van der Waals surface area (Å²) >= 11 is 7.35. The fraction of sp³-hybridized carbons (Fsp3) is 0.0286. The molecule has 1 aliphatic carbocycles. The molecule has 0 amide bonds. The Labute approximate surface area is 238 Å². The van der Waals surface area contributed by atoms with Crippen molar-refractivity contribution in [2.45, 2.75) is 5.60 Å². The average Bonchev–Trinajstić information content (AvgIpc) is 3.07. The number of fused-ring (bicyclic) bond motifs is 5. The molecule has 0 saturated carbocycles. The second-order valence-corrected chi connectivity index (χ2v) is 11.6. The summed E-state index contributed by atoms with van der Waals surface area (Å²) in [6, 6.07) is 39.9. The van der Waals surface area contributed by atoms with Gasteiger partial charge in [0.05, 0.1) is 0 Å². The summed E-state index contributed by atoms with van der Waals surface area (Å²) in [6.45, 7) is 0. The highest BCUT2D eigenvalue weighted by Gasteiger charge is 2.40. The molecule has 182 valence electrons. The van der Waals surface area contributed by atoms with Crippen LogP contribution in [0.2, 0.25) is 0 Å². The van der Waals surface area contributed by atoms with Crippen LogP contribution in [0.15, 0.2) is 124 Å². The number of benzene rings is 6. The third-order valence-corrected chi connectivity index (χ3v) is 8.61. The maximum atomic E-state index is 13.1. The highest BCUT2D eigenvalue weighted by atomic mass is 79.9. The molecule has 1 nitrogen and oxygen atoms in total. The smallest absolute Gasteiger partial charge is 0.142 e. The predicted molar refractivity (Wildman–Crippen MR) is 166 cm³/mol. The van der Waals surface area contributed by atoms with Crippen molar-refractivity contribution in [1.82, 2.24) is 0 Å². The maximum Gasteiger partial charge on any atom is 0.142 e. The van der Waals surface area contributed by atoms with Crippen LogP contribution in [0.25, 0.3) is 44.8 Å². The van der Waals surface area contributed by atoms with Crippen molar-refractivity contribution in [3.8, 4) is 11.1 Å². The van der Waals surface area contributed by atoms with Gasteiger partial charge < -0.3 is 5.11 Å². The summed E-state index contributed by atoms with van der Waals surface area (Å²) in [6.07, 6.45) is 4.20. The monoisotopic (exact) mass is 616 g/mol. The first-order chi connectivity index (χ1) is 18.5. The van der Waals surface area contributed by atoms with E-state index in [2.05, 4.69) is 129 Å². The van der Waals surface area contributed by atoms with Gasteiger partial charge in [-0.15, -0.1) is 0 Å². The maximum absolute atomic E-state index is 13.1. The SMILES string of the molecule is OC1(c2ccccc2-c2cc3ccccc3c3ccccc23)c2cc(Br)ccc2C=Cc2ccc(Br)cc21. The van der Waals surface area contributed by atoms with Crippen LogP contribution in [0.1, 0.15) is 27.8 Å². The predicted octanol–water partition coefficient (Wildman–Crippen LogP) is 9.95. The van der Waals surface area contributed by atoms with E-state index in [4.69, 9.17) is 0 Å². The van der Waals surface area contributed by atoms with Crippen molar-refractivity contribution >= 4 is 65.6 Å². The second-order valence-electron chi connectivity index (χ2n) is 9.74. The molecule has 0 aromatic heterocycles. The molecular weight excluding hydrogens is 596 g/mol. The number of rotatable bonds is 2. The van der Waals surface area contributed by atoms with E-state index >= 15 is 0 Å². The van der Waals surface area contributed by atoms with Gasteiger partial charge in [-0.1, -0.05) is 129 Å². The molecule has 0 aliphatic heterocycles. The van der Waals surface area contributed by atoms with Crippen LogP contribution in [0.5, 0.6) is 0 Å². The molecule has 1 N–H and O–H groups in total. The molecule has 6 aromatic rings. The van der Waals surface area contributed by atoms with E-state index in [1.807, 2.05) is 30.3 Å². The number of hydrogen-bond donors (Lipinski definition) is 1. The lowest BCUT2D eigenvalue weighted by Gasteiger charge is -2.34. The molecule has 0 fully saturated rings. The summed E-state index contributed by atoms with van der Waals surface area (Å²) < 4.78 is 1.85. The Morgan fingerprint density at radius 2 is 1.03 bits per heavy atom. The fourth-order valence-corrected chi connectivity index (χ4v) is 6.62. The minimum absolute atomic E-state index is 0.845. The fourth-order valence-electron chi connectivity index (χ4n) is 5.90. The molecular formula is C35H22Br2O. The molecule has 0 radical (unpaired) electrons. The van der Waals surface area contributed by atoms with Gasteiger partial charge in [-0.3, -0.25) is 0 Å². The van der Waals surface area contributed by atoms with Gasteiger partial charge in [0.15, 0.2) is 0 Å². The van der Waals surface area contributed by atoms with Crippen molar-refractivity contribution in [3.63, 3.8) is 0 Å². The van der Waals surface area contributed by atoms with E-state index in [1.165, 1.54) is 16.2 Å². The standard InChI is InChI=1S/C35H22Br2O/c36-25-17-15-22-13-14-23-16-18-26(37)21-34(23)35(38,33(22)20-25)32-12-6-5-11-30(32)31-19-24-7-1-2-8-27(24)28-9-3-4-10-29(28)31/h1-21,38H. The van der Waals surface area contributed by atoms with Gasteiger partial charge in [-0.25, -0.2) is 0 Å². The minimum atomic E-state index is -1.40. The largest absolute Gasteiger partial charge is 0.376 e. The molecule has 1 aliphatic rings. The molecule has 0 spiro atoms. The summed E-state index contributed by atoms with van der Waals surface area (Å²) in [5.74, 6) is 0. The summed E-state index contributed by atoms with van der Waals surface area (Å²) in [5.41, 5.74) is 5.23. The molecule has 7 rings (SSSR count). The first kappa shape index (κ1) is 23.6. The lowest BCUT2D eigenvalue weighted by molar-refractivity contribution is 0.126. The van der Waals surface area contributed by atoms with E-state index in [-0.39, 0.29) is 0 Å². The highest BCUT2D eigenvalue weighted by molar-refractivity contribution is 9.10. The normalized spacial score (nSPS) is 13.8. The molecule has 6 aromatic carbocycles. The summed E-state index contributed by atoms with van der Waals surface area (Å²) in [4.78, 5) is 0. The Kier molecular flexibility index (Phi) is 5.63. The van der Waals surface area contributed by atoms with E-state index in [0.717, 1.165) is 53.3 Å². The summed E-state index contributed by atoms with van der Waals surface area (Å²) in [5, 5.41) is 17.9. The molecule has 3 heteroatoms. The lowest BCUT2D eigenvalue weighted by atomic mass is 9.75. The van der Waals surface area contributed by atoms with Crippen molar-refractivity contribution in [2.75, 3.05) is 0 Å². The van der Waals surface area contributed by atoms with E-state index < -0.39 is 5.60 Å². The third-order valence-electron chi connectivity index (χ3n) is 7.63. The lowest BCUT2D eigenvalue weighted by Crippen LogP contribution is -2.31. The number of halogens is 2. The van der Waals surface area contributed by atoms with Gasteiger partial charge in [0.2, 0.25) is 0 Å². The Balaban J connectivity index is 1.61. The number of hydrogen-bond acceptors (Lipinski definition) is 1. The molecule has 0 unspecified atom stereocenters. The van der Waals surface area contributed by atoms with E-state index in [1.54, 1.807) is 0 Å². The molecule has 0 bridgehead atoms. The van der Waals surface area contributed by atoms with Gasteiger partial charge in [-0.2, -0.15) is 0 Å². The van der Waals surface area contributed by atoms with Crippen LogP contribution in [0.3, 0.4) is 0 Å². The zero-order valence-electron chi connectivity index (χ0n) is 20.3. The Morgan fingerprint density at radius 1 is 0.474 bits per heavy atom. The van der Waals surface area contributed by atoms with Crippen molar-refractivity contribution < 1.29 is 5.11 Å². The van der Waals surface area contributed by atoms with Crippen LogP contribution in [-0.4, -0.2) is 5.11 Å². The quantitative estimate of drug-likeness (QED) is 0.192. The van der Waals surface area contributed by atoms with Gasteiger partial charge >= 0.3 is 0 Å². The van der Waals surface area contributed by atoms with Crippen LogP contribution in [-0.2, 0) is 5.60 Å². The Hall–Kier alpha value is -3.50. The van der Waals surface area contributed by atoms with Crippen LogP contribution >= 0.6 is 31.9 Å². The highest BCUT2D eigenvalue weighted by Crippen LogP contribution is 2.48. The van der Waals surface area contributed by atoms with Gasteiger partial charge in [-0.05, 0) is 74.1 Å².